The normalized spacial score (nSPS) is 10.9. The minimum absolute atomic E-state index is 0.841. The van der Waals surface area contributed by atoms with Crippen LogP contribution in [-0.4, -0.2) is 9.97 Å². The van der Waals surface area contributed by atoms with Crippen molar-refractivity contribution >= 4 is 22.6 Å². The smallest absolute Gasteiger partial charge is 0.138 e. The second-order valence-electron chi connectivity index (χ2n) is 3.09. The van der Waals surface area contributed by atoms with Crippen molar-refractivity contribution in [1.82, 2.24) is 9.97 Å². The summed E-state index contributed by atoms with van der Waals surface area (Å²) in [6.07, 6.45) is 5.80. The van der Waals surface area contributed by atoms with Crippen LogP contribution in [0.1, 0.15) is 18.9 Å². The van der Waals surface area contributed by atoms with Crippen LogP contribution in [0.3, 0.4) is 0 Å². The highest BCUT2D eigenvalue weighted by Gasteiger charge is 2.05. The molecule has 0 unspecified atom stereocenters. The van der Waals surface area contributed by atoms with Crippen LogP contribution in [-0.2, 0) is 6.42 Å². The van der Waals surface area contributed by atoms with Crippen molar-refractivity contribution < 1.29 is 0 Å². The van der Waals surface area contributed by atoms with Gasteiger partial charge in [0.1, 0.15) is 5.65 Å². The molecule has 0 radical (unpaired) electrons. The molecule has 2 heterocycles. The van der Waals surface area contributed by atoms with Crippen LogP contribution in [0.2, 0.25) is 5.02 Å². The van der Waals surface area contributed by atoms with E-state index < -0.39 is 0 Å². The molecule has 0 aliphatic heterocycles. The number of halogens is 1. The molecule has 13 heavy (non-hydrogen) atoms. The molecule has 0 fully saturated rings. The van der Waals surface area contributed by atoms with Crippen molar-refractivity contribution in [3.05, 3.63) is 29.0 Å². The van der Waals surface area contributed by atoms with E-state index in [-0.39, 0.29) is 0 Å². The van der Waals surface area contributed by atoms with Crippen LogP contribution >= 0.6 is 11.6 Å². The highest BCUT2D eigenvalue weighted by atomic mass is 35.5. The standard InChI is InChI=1S/C10H11ClN2/c1-2-3-7-6-13-10-8(9(7)11)4-5-12-10/h4-6H,2-3H2,1H3,(H,12,13). The van der Waals surface area contributed by atoms with Crippen molar-refractivity contribution in [1.29, 1.82) is 0 Å². The van der Waals surface area contributed by atoms with E-state index in [0.717, 1.165) is 34.5 Å². The summed E-state index contributed by atoms with van der Waals surface area (Å²) in [5, 5.41) is 1.86. The van der Waals surface area contributed by atoms with E-state index in [1.54, 1.807) is 0 Å². The van der Waals surface area contributed by atoms with Gasteiger partial charge in [-0.05, 0) is 18.1 Å². The van der Waals surface area contributed by atoms with Crippen LogP contribution < -0.4 is 0 Å². The first-order valence-electron chi connectivity index (χ1n) is 4.43. The Morgan fingerprint density at radius 2 is 2.38 bits per heavy atom. The van der Waals surface area contributed by atoms with Crippen LogP contribution in [0.4, 0.5) is 0 Å². The van der Waals surface area contributed by atoms with Gasteiger partial charge in [0.15, 0.2) is 0 Å². The van der Waals surface area contributed by atoms with Crippen molar-refractivity contribution in [2.24, 2.45) is 0 Å². The van der Waals surface area contributed by atoms with Gasteiger partial charge in [-0.3, -0.25) is 0 Å². The molecule has 0 aliphatic carbocycles. The summed E-state index contributed by atoms with van der Waals surface area (Å²) in [7, 11) is 0. The van der Waals surface area contributed by atoms with Crippen molar-refractivity contribution in [2.75, 3.05) is 0 Å². The first-order valence-corrected chi connectivity index (χ1v) is 4.81. The lowest BCUT2D eigenvalue weighted by atomic mass is 10.1. The first kappa shape index (κ1) is 8.57. The maximum absolute atomic E-state index is 6.20. The highest BCUT2D eigenvalue weighted by Crippen LogP contribution is 2.25. The van der Waals surface area contributed by atoms with E-state index in [1.165, 1.54) is 0 Å². The summed E-state index contributed by atoms with van der Waals surface area (Å²) in [5.41, 5.74) is 2.00. The molecule has 68 valence electrons. The Kier molecular flexibility index (Phi) is 2.23. The lowest BCUT2D eigenvalue weighted by molar-refractivity contribution is 0.917. The van der Waals surface area contributed by atoms with E-state index in [4.69, 9.17) is 11.6 Å². The SMILES string of the molecule is CCCc1cnc2[nH]ccc2c1Cl. The van der Waals surface area contributed by atoms with Gasteiger partial charge in [0.05, 0.1) is 5.02 Å². The van der Waals surface area contributed by atoms with E-state index in [9.17, 15) is 0 Å². The first-order chi connectivity index (χ1) is 6.33. The number of fused-ring (bicyclic) bond motifs is 1. The summed E-state index contributed by atoms with van der Waals surface area (Å²) in [4.78, 5) is 7.31. The van der Waals surface area contributed by atoms with Crippen molar-refractivity contribution in [3.8, 4) is 0 Å². The van der Waals surface area contributed by atoms with E-state index >= 15 is 0 Å². The lowest BCUT2D eigenvalue weighted by Crippen LogP contribution is -1.88. The van der Waals surface area contributed by atoms with Gasteiger partial charge in [0.25, 0.3) is 0 Å². The molecule has 0 atom stereocenters. The Morgan fingerprint density at radius 3 is 3.15 bits per heavy atom. The molecule has 0 saturated carbocycles. The van der Waals surface area contributed by atoms with Gasteiger partial charge in [-0.15, -0.1) is 0 Å². The third kappa shape index (κ3) is 1.42. The van der Waals surface area contributed by atoms with Gasteiger partial charge in [-0.1, -0.05) is 24.9 Å². The zero-order valence-electron chi connectivity index (χ0n) is 7.47. The summed E-state index contributed by atoms with van der Waals surface area (Å²) in [5.74, 6) is 0. The minimum Gasteiger partial charge on any atom is -0.346 e. The second kappa shape index (κ2) is 3.38. The Hall–Kier alpha value is -1.02. The molecule has 0 aliphatic rings. The second-order valence-corrected chi connectivity index (χ2v) is 3.47. The largest absolute Gasteiger partial charge is 0.346 e. The molecular weight excluding hydrogens is 184 g/mol. The molecule has 1 N–H and O–H groups in total. The van der Waals surface area contributed by atoms with E-state index in [2.05, 4.69) is 16.9 Å². The fraction of sp³-hybridized carbons (Fsp3) is 0.300. The van der Waals surface area contributed by atoms with Crippen LogP contribution in [0.15, 0.2) is 18.5 Å². The molecule has 0 aromatic carbocycles. The Labute approximate surface area is 81.9 Å². The number of H-pyrrole nitrogens is 1. The number of aryl methyl sites for hydroxylation is 1. The predicted octanol–water partition coefficient (Wildman–Crippen LogP) is 3.17. The molecule has 2 aromatic heterocycles. The third-order valence-corrected chi connectivity index (χ3v) is 2.56. The fourth-order valence-corrected chi connectivity index (χ4v) is 1.76. The quantitative estimate of drug-likeness (QED) is 0.782. The topological polar surface area (TPSA) is 28.7 Å². The molecule has 0 bridgehead atoms. The maximum atomic E-state index is 6.20. The van der Waals surface area contributed by atoms with Gasteiger partial charge in [-0.25, -0.2) is 4.98 Å². The summed E-state index contributed by atoms with van der Waals surface area (Å²) < 4.78 is 0. The Balaban J connectivity index is 2.59. The van der Waals surface area contributed by atoms with Crippen LogP contribution in [0.5, 0.6) is 0 Å². The van der Waals surface area contributed by atoms with Crippen molar-refractivity contribution in [3.63, 3.8) is 0 Å². The van der Waals surface area contributed by atoms with Crippen LogP contribution in [0.25, 0.3) is 11.0 Å². The molecule has 2 nitrogen and oxygen atoms in total. The minimum atomic E-state index is 0.841. The lowest BCUT2D eigenvalue weighted by Gasteiger charge is -2.01. The molecule has 3 heteroatoms. The number of hydrogen-bond acceptors (Lipinski definition) is 1. The van der Waals surface area contributed by atoms with Gasteiger partial charge in [0, 0.05) is 17.8 Å². The molecule has 2 aromatic rings. The highest BCUT2D eigenvalue weighted by molar-refractivity contribution is 6.36. The molecule has 0 amide bonds. The number of nitrogens with zero attached hydrogens (tertiary/aromatic N) is 1. The number of hydrogen-bond donors (Lipinski definition) is 1. The zero-order valence-corrected chi connectivity index (χ0v) is 8.23. The van der Waals surface area contributed by atoms with Gasteiger partial charge in [0.2, 0.25) is 0 Å². The molecule has 0 spiro atoms. The van der Waals surface area contributed by atoms with E-state index in [0.29, 0.717) is 0 Å². The summed E-state index contributed by atoms with van der Waals surface area (Å²) in [6, 6.07) is 1.96. The van der Waals surface area contributed by atoms with Gasteiger partial charge >= 0.3 is 0 Å². The average Bonchev–Trinajstić information content (AvgIpc) is 2.58. The Morgan fingerprint density at radius 1 is 1.54 bits per heavy atom. The van der Waals surface area contributed by atoms with Crippen molar-refractivity contribution in [2.45, 2.75) is 19.8 Å². The number of rotatable bonds is 2. The molecule has 2 rings (SSSR count). The average molecular weight is 195 g/mol. The number of aromatic nitrogens is 2. The molecule has 0 saturated heterocycles. The third-order valence-electron chi connectivity index (χ3n) is 2.11. The monoisotopic (exact) mass is 194 g/mol. The zero-order chi connectivity index (χ0) is 9.26. The number of aromatic amines is 1. The predicted molar refractivity (Wildman–Crippen MR) is 55.1 cm³/mol. The fourth-order valence-electron chi connectivity index (χ4n) is 1.46. The summed E-state index contributed by atoms with van der Waals surface area (Å²) in [6.45, 7) is 2.14. The van der Waals surface area contributed by atoms with Crippen LogP contribution in [0, 0.1) is 0 Å². The molecular formula is C10H11ClN2. The number of pyridine rings is 1. The van der Waals surface area contributed by atoms with Gasteiger partial charge < -0.3 is 4.98 Å². The Bertz CT molecular complexity index is 420. The van der Waals surface area contributed by atoms with E-state index in [1.807, 2.05) is 18.5 Å². The number of nitrogens with one attached hydrogen (secondary N) is 1. The summed E-state index contributed by atoms with van der Waals surface area (Å²) >= 11 is 6.20. The van der Waals surface area contributed by atoms with Gasteiger partial charge in [-0.2, -0.15) is 0 Å². The maximum Gasteiger partial charge on any atom is 0.138 e.